The van der Waals surface area contributed by atoms with E-state index in [2.05, 4.69) is 6.07 Å². The molecule has 0 aromatic heterocycles. The molecule has 5 atom stereocenters. The number of hydrogen-bond donors (Lipinski definition) is 0. The summed E-state index contributed by atoms with van der Waals surface area (Å²) < 4.78 is 5.42. The van der Waals surface area contributed by atoms with Crippen LogP contribution in [0.2, 0.25) is 0 Å². The third kappa shape index (κ3) is 0.411. The normalized spacial score (nSPS) is 61.7. The topological polar surface area (TPSA) is 36.3 Å². The van der Waals surface area contributed by atoms with Gasteiger partial charge in [0.2, 0.25) is 0 Å². The van der Waals surface area contributed by atoms with Crippen molar-refractivity contribution in [3.63, 3.8) is 0 Å². The van der Waals surface area contributed by atoms with Crippen molar-refractivity contribution in [1.29, 1.82) is 5.26 Å². The van der Waals surface area contributed by atoms with Crippen LogP contribution in [0.3, 0.4) is 0 Å². The highest BCUT2D eigenvalue weighted by atomic mass is 16.6. The Morgan fingerprint density at radius 2 is 2.20 bits per heavy atom. The Kier molecular flexibility index (Phi) is 0.709. The molecular formula is C8H9NO. The predicted octanol–water partition coefficient (Wildman–Crippen LogP) is 0.933. The lowest BCUT2D eigenvalue weighted by atomic mass is 9.90. The van der Waals surface area contributed by atoms with Crippen molar-refractivity contribution in [1.82, 2.24) is 0 Å². The summed E-state index contributed by atoms with van der Waals surface area (Å²) in [6.45, 7) is 0. The maximum absolute atomic E-state index is 8.72. The Hall–Kier alpha value is -0.550. The second kappa shape index (κ2) is 1.38. The van der Waals surface area contributed by atoms with Gasteiger partial charge in [-0.15, -0.1) is 0 Å². The molecule has 0 radical (unpaired) electrons. The fourth-order valence-electron chi connectivity index (χ4n) is 2.75. The monoisotopic (exact) mass is 135 g/mol. The second-order valence-electron chi connectivity index (χ2n) is 3.70. The minimum Gasteiger partial charge on any atom is -0.369 e. The highest BCUT2D eigenvalue weighted by molar-refractivity contribution is 5.14. The molecule has 0 N–H and O–H groups in total. The lowest BCUT2D eigenvalue weighted by molar-refractivity contribution is 0.259. The van der Waals surface area contributed by atoms with Gasteiger partial charge in [0, 0.05) is 5.92 Å². The molecular weight excluding hydrogens is 126 g/mol. The lowest BCUT2D eigenvalue weighted by Gasteiger charge is -2.09. The third-order valence-corrected chi connectivity index (χ3v) is 3.26. The standard InChI is InChI=1S/C8H9NO/c9-3-5-1-4-2-6(5)8-7(4)10-8/h4-8H,1-2H2/t4-,5+,6+,7+,8+/m1/s1. The Balaban J connectivity index is 1.93. The van der Waals surface area contributed by atoms with E-state index in [4.69, 9.17) is 10.00 Å². The number of rotatable bonds is 0. The van der Waals surface area contributed by atoms with Gasteiger partial charge in [-0.05, 0) is 18.8 Å². The highest BCUT2D eigenvalue weighted by Gasteiger charge is 2.63. The number of hydrogen-bond acceptors (Lipinski definition) is 2. The number of ether oxygens (including phenoxy) is 1. The van der Waals surface area contributed by atoms with Crippen molar-refractivity contribution < 1.29 is 4.74 Å². The van der Waals surface area contributed by atoms with Crippen LogP contribution in [0.4, 0.5) is 0 Å². The minimum absolute atomic E-state index is 0.328. The fraction of sp³-hybridized carbons (Fsp3) is 0.875. The zero-order valence-electron chi connectivity index (χ0n) is 5.66. The molecule has 2 nitrogen and oxygen atoms in total. The van der Waals surface area contributed by atoms with E-state index in [1.807, 2.05) is 0 Å². The maximum Gasteiger partial charge on any atom is 0.0885 e. The van der Waals surface area contributed by atoms with Crippen molar-refractivity contribution in [2.75, 3.05) is 0 Å². The number of epoxide rings is 1. The molecule has 2 heteroatoms. The zero-order valence-corrected chi connectivity index (χ0v) is 5.66. The van der Waals surface area contributed by atoms with Crippen LogP contribution in [-0.2, 0) is 4.74 Å². The van der Waals surface area contributed by atoms with Crippen LogP contribution in [0.1, 0.15) is 12.8 Å². The Morgan fingerprint density at radius 1 is 1.30 bits per heavy atom. The predicted molar refractivity (Wildman–Crippen MR) is 34.0 cm³/mol. The smallest absolute Gasteiger partial charge is 0.0885 e. The van der Waals surface area contributed by atoms with E-state index in [0.717, 1.165) is 12.3 Å². The van der Waals surface area contributed by atoms with Crippen molar-refractivity contribution >= 4 is 0 Å². The highest BCUT2D eigenvalue weighted by Crippen LogP contribution is 2.58. The first kappa shape index (κ1) is 5.15. The van der Waals surface area contributed by atoms with E-state index in [0.29, 0.717) is 24.0 Å². The first-order valence-corrected chi connectivity index (χ1v) is 3.95. The lowest BCUT2D eigenvalue weighted by Crippen LogP contribution is -2.15. The number of nitrogens with zero attached hydrogens (tertiary/aromatic N) is 1. The molecule has 2 bridgehead atoms. The molecule has 3 fully saturated rings. The molecule has 2 saturated carbocycles. The van der Waals surface area contributed by atoms with E-state index in [-0.39, 0.29) is 0 Å². The van der Waals surface area contributed by atoms with Crippen molar-refractivity contribution in [3.05, 3.63) is 0 Å². The molecule has 1 aliphatic heterocycles. The van der Waals surface area contributed by atoms with Crippen LogP contribution in [0.5, 0.6) is 0 Å². The van der Waals surface area contributed by atoms with Gasteiger partial charge in [-0.2, -0.15) is 5.26 Å². The molecule has 1 saturated heterocycles. The van der Waals surface area contributed by atoms with Crippen LogP contribution in [0.15, 0.2) is 0 Å². The SMILES string of the molecule is N#C[C@@H]1C[C@@H]2C[C@@H]1[C@@H]1O[C@@H]21. The van der Waals surface area contributed by atoms with Crippen LogP contribution in [-0.4, -0.2) is 12.2 Å². The molecule has 0 unspecified atom stereocenters. The summed E-state index contributed by atoms with van der Waals surface area (Å²) in [4.78, 5) is 0. The number of fused-ring (bicyclic) bond motifs is 5. The first-order chi connectivity index (χ1) is 4.90. The van der Waals surface area contributed by atoms with E-state index < -0.39 is 0 Å². The summed E-state index contributed by atoms with van der Waals surface area (Å²) in [5.74, 6) is 1.69. The largest absolute Gasteiger partial charge is 0.369 e. The summed E-state index contributed by atoms with van der Waals surface area (Å²) in [7, 11) is 0. The zero-order chi connectivity index (χ0) is 6.72. The van der Waals surface area contributed by atoms with E-state index in [1.54, 1.807) is 0 Å². The molecule has 0 amide bonds. The summed E-state index contributed by atoms with van der Waals surface area (Å²) in [5, 5.41) is 8.72. The van der Waals surface area contributed by atoms with Gasteiger partial charge in [-0.3, -0.25) is 0 Å². The summed E-state index contributed by atoms with van der Waals surface area (Å²) in [6, 6.07) is 2.37. The summed E-state index contributed by atoms with van der Waals surface area (Å²) >= 11 is 0. The van der Waals surface area contributed by atoms with Crippen LogP contribution in [0, 0.1) is 29.1 Å². The Morgan fingerprint density at radius 3 is 2.80 bits per heavy atom. The van der Waals surface area contributed by atoms with Crippen LogP contribution in [0.25, 0.3) is 0 Å². The summed E-state index contributed by atoms with van der Waals surface area (Å²) in [6.07, 6.45) is 3.47. The van der Waals surface area contributed by atoms with Gasteiger partial charge in [0.15, 0.2) is 0 Å². The van der Waals surface area contributed by atoms with Gasteiger partial charge < -0.3 is 4.74 Å². The van der Waals surface area contributed by atoms with Crippen LogP contribution >= 0.6 is 0 Å². The van der Waals surface area contributed by atoms with Gasteiger partial charge in [-0.25, -0.2) is 0 Å². The van der Waals surface area contributed by atoms with Crippen molar-refractivity contribution in [2.24, 2.45) is 17.8 Å². The summed E-state index contributed by atoms with van der Waals surface area (Å²) in [5.41, 5.74) is 0. The molecule has 52 valence electrons. The maximum atomic E-state index is 8.72. The van der Waals surface area contributed by atoms with Crippen LogP contribution < -0.4 is 0 Å². The number of nitriles is 1. The van der Waals surface area contributed by atoms with Gasteiger partial charge in [0.05, 0.1) is 24.2 Å². The fourth-order valence-corrected chi connectivity index (χ4v) is 2.75. The van der Waals surface area contributed by atoms with E-state index in [1.165, 1.54) is 6.42 Å². The molecule has 0 aromatic carbocycles. The first-order valence-electron chi connectivity index (χ1n) is 3.95. The average molecular weight is 135 g/mol. The van der Waals surface area contributed by atoms with Gasteiger partial charge in [-0.1, -0.05) is 0 Å². The average Bonchev–Trinajstić information content (AvgIpc) is 2.58. The molecule has 3 aliphatic rings. The van der Waals surface area contributed by atoms with E-state index >= 15 is 0 Å². The molecule has 2 aliphatic carbocycles. The van der Waals surface area contributed by atoms with Gasteiger partial charge >= 0.3 is 0 Å². The molecule has 0 spiro atoms. The van der Waals surface area contributed by atoms with Gasteiger partial charge in [0.25, 0.3) is 0 Å². The Bertz CT molecular complexity index is 220. The molecule has 1 heterocycles. The molecule has 3 rings (SSSR count). The third-order valence-electron chi connectivity index (χ3n) is 3.26. The van der Waals surface area contributed by atoms with Crippen molar-refractivity contribution in [3.8, 4) is 6.07 Å². The quantitative estimate of drug-likeness (QED) is 0.463. The van der Waals surface area contributed by atoms with E-state index in [9.17, 15) is 0 Å². The molecule has 0 aromatic rings. The Labute approximate surface area is 59.8 Å². The minimum atomic E-state index is 0.328. The van der Waals surface area contributed by atoms with Crippen molar-refractivity contribution in [2.45, 2.75) is 25.0 Å². The van der Waals surface area contributed by atoms with Gasteiger partial charge in [0.1, 0.15) is 0 Å². The molecule has 10 heavy (non-hydrogen) atoms. The second-order valence-corrected chi connectivity index (χ2v) is 3.70.